The van der Waals surface area contributed by atoms with Gasteiger partial charge in [-0.3, -0.25) is 4.79 Å². The number of ether oxygens (including phenoxy) is 1. The van der Waals surface area contributed by atoms with Crippen molar-refractivity contribution < 1.29 is 9.53 Å². The topological polar surface area (TPSA) is 55.6 Å². The van der Waals surface area contributed by atoms with Crippen molar-refractivity contribution in [3.8, 4) is 5.75 Å². The van der Waals surface area contributed by atoms with E-state index in [1.165, 1.54) is 6.42 Å². The summed E-state index contributed by atoms with van der Waals surface area (Å²) in [5, 5.41) is 0. The minimum atomic E-state index is -0.474. The molecule has 1 amide bonds. The Bertz CT molecular complexity index is 487. The molecule has 0 saturated carbocycles. The van der Waals surface area contributed by atoms with Gasteiger partial charge in [0.2, 0.25) is 0 Å². The smallest absolute Gasteiger partial charge is 0.263 e. The van der Waals surface area contributed by atoms with Gasteiger partial charge in [0.25, 0.3) is 5.91 Å². The lowest BCUT2D eigenvalue weighted by Gasteiger charge is -2.29. The van der Waals surface area contributed by atoms with Crippen LogP contribution in [0.2, 0.25) is 0 Å². The third kappa shape index (κ3) is 4.20. The molecule has 1 unspecified atom stereocenters. The maximum absolute atomic E-state index is 12.4. The first kappa shape index (κ1) is 16.3. The molecule has 1 aliphatic rings. The lowest BCUT2D eigenvalue weighted by molar-refractivity contribution is -0.138. The molecule has 4 nitrogen and oxygen atoms in total. The van der Waals surface area contributed by atoms with Crippen molar-refractivity contribution in [2.75, 3.05) is 19.6 Å². The molecule has 0 bridgehead atoms. The van der Waals surface area contributed by atoms with E-state index in [2.05, 4.69) is 15.9 Å². The van der Waals surface area contributed by atoms with E-state index in [9.17, 15) is 4.79 Å². The zero-order valence-corrected chi connectivity index (χ0v) is 14.1. The largest absolute Gasteiger partial charge is 0.479 e. The Balaban J connectivity index is 2.07. The molecule has 0 radical (unpaired) electrons. The second-order valence-corrected chi connectivity index (χ2v) is 6.27. The highest BCUT2D eigenvalue weighted by atomic mass is 79.9. The van der Waals surface area contributed by atoms with E-state index in [1.807, 2.05) is 30.0 Å². The Morgan fingerprint density at radius 3 is 2.76 bits per heavy atom. The van der Waals surface area contributed by atoms with Crippen LogP contribution in [0.25, 0.3) is 0 Å². The quantitative estimate of drug-likeness (QED) is 0.884. The van der Waals surface area contributed by atoms with Crippen molar-refractivity contribution in [1.29, 1.82) is 0 Å². The number of nitrogens with two attached hydrogens (primary N) is 1. The molecule has 116 valence electrons. The summed E-state index contributed by atoms with van der Waals surface area (Å²) < 4.78 is 6.82. The van der Waals surface area contributed by atoms with Crippen LogP contribution in [-0.4, -0.2) is 36.5 Å². The molecule has 0 spiro atoms. The summed E-state index contributed by atoms with van der Waals surface area (Å²) in [5.41, 5.74) is 6.67. The van der Waals surface area contributed by atoms with Gasteiger partial charge in [-0.15, -0.1) is 0 Å². The van der Waals surface area contributed by atoms with Crippen LogP contribution >= 0.6 is 15.9 Å². The van der Waals surface area contributed by atoms with E-state index in [0.29, 0.717) is 6.54 Å². The van der Waals surface area contributed by atoms with Gasteiger partial charge in [-0.05, 0) is 66.7 Å². The van der Waals surface area contributed by atoms with E-state index in [1.54, 1.807) is 0 Å². The van der Waals surface area contributed by atoms with Gasteiger partial charge < -0.3 is 15.4 Å². The van der Waals surface area contributed by atoms with Gasteiger partial charge in [0, 0.05) is 13.1 Å². The molecule has 1 atom stereocenters. The van der Waals surface area contributed by atoms with E-state index in [4.69, 9.17) is 10.5 Å². The molecule has 2 N–H and O–H groups in total. The fourth-order valence-electron chi connectivity index (χ4n) is 2.64. The maximum Gasteiger partial charge on any atom is 0.263 e. The first-order valence-electron chi connectivity index (χ1n) is 7.56. The molecule has 1 fully saturated rings. The van der Waals surface area contributed by atoms with Crippen molar-refractivity contribution in [2.45, 2.75) is 38.7 Å². The number of piperidine rings is 1. The molecule has 1 heterocycles. The average molecular weight is 355 g/mol. The van der Waals surface area contributed by atoms with Crippen molar-refractivity contribution in [2.24, 2.45) is 5.73 Å². The van der Waals surface area contributed by atoms with Crippen LogP contribution in [0.4, 0.5) is 0 Å². The van der Waals surface area contributed by atoms with Gasteiger partial charge in [0.15, 0.2) is 6.10 Å². The maximum atomic E-state index is 12.4. The summed E-state index contributed by atoms with van der Waals surface area (Å²) in [5.74, 6) is 0.810. The monoisotopic (exact) mass is 354 g/mol. The van der Waals surface area contributed by atoms with E-state index in [0.717, 1.165) is 48.1 Å². The number of rotatable bonds is 5. The Morgan fingerprint density at radius 2 is 2.10 bits per heavy atom. The molecule has 21 heavy (non-hydrogen) atoms. The highest BCUT2D eigenvalue weighted by Crippen LogP contribution is 2.30. The van der Waals surface area contributed by atoms with Crippen molar-refractivity contribution >= 4 is 21.8 Å². The molecule has 2 rings (SSSR count). The predicted molar refractivity (Wildman–Crippen MR) is 87.4 cm³/mol. The summed E-state index contributed by atoms with van der Waals surface area (Å²) in [7, 11) is 0. The van der Waals surface area contributed by atoms with E-state index in [-0.39, 0.29) is 5.91 Å². The third-order valence-corrected chi connectivity index (χ3v) is 4.40. The van der Waals surface area contributed by atoms with Gasteiger partial charge in [0.05, 0.1) is 4.47 Å². The van der Waals surface area contributed by atoms with Gasteiger partial charge >= 0.3 is 0 Å². The third-order valence-electron chi connectivity index (χ3n) is 3.77. The Labute approximate surface area is 134 Å². The Kier molecular flexibility index (Phi) is 6.06. The van der Waals surface area contributed by atoms with Gasteiger partial charge in [-0.1, -0.05) is 12.1 Å². The predicted octanol–water partition coefficient (Wildman–Crippen LogP) is 2.73. The van der Waals surface area contributed by atoms with Crippen LogP contribution < -0.4 is 10.5 Å². The standard InChI is InChI=1S/C16H23BrN2O2/c1-12(16(20)19-10-3-2-4-11-19)21-15-13(8-9-18)6-5-7-14(15)17/h5-7,12H,2-4,8-11,18H2,1H3. The summed E-state index contributed by atoms with van der Waals surface area (Å²) >= 11 is 3.50. The number of halogens is 1. The summed E-state index contributed by atoms with van der Waals surface area (Å²) in [4.78, 5) is 14.4. The molecule has 1 aliphatic heterocycles. The molecule has 0 aliphatic carbocycles. The minimum absolute atomic E-state index is 0.0733. The minimum Gasteiger partial charge on any atom is -0.479 e. The normalized spacial score (nSPS) is 16.6. The van der Waals surface area contributed by atoms with Crippen LogP contribution in [0.1, 0.15) is 31.7 Å². The second-order valence-electron chi connectivity index (χ2n) is 5.41. The molecular weight excluding hydrogens is 332 g/mol. The molecule has 1 aromatic rings. The van der Waals surface area contributed by atoms with Crippen LogP contribution in [0.15, 0.2) is 22.7 Å². The zero-order chi connectivity index (χ0) is 15.2. The van der Waals surface area contributed by atoms with Crippen molar-refractivity contribution in [3.63, 3.8) is 0 Å². The zero-order valence-electron chi connectivity index (χ0n) is 12.5. The van der Waals surface area contributed by atoms with Crippen LogP contribution in [0.3, 0.4) is 0 Å². The summed E-state index contributed by atoms with van der Waals surface area (Å²) in [6, 6.07) is 5.87. The molecule has 1 aromatic carbocycles. The van der Waals surface area contributed by atoms with Gasteiger partial charge in [-0.25, -0.2) is 0 Å². The van der Waals surface area contributed by atoms with E-state index < -0.39 is 6.10 Å². The first-order valence-corrected chi connectivity index (χ1v) is 8.35. The van der Waals surface area contributed by atoms with Crippen LogP contribution in [0.5, 0.6) is 5.75 Å². The highest BCUT2D eigenvalue weighted by Gasteiger charge is 2.24. The van der Waals surface area contributed by atoms with Crippen LogP contribution in [-0.2, 0) is 11.2 Å². The fourth-order valence-corrected chi connectivity index (χ4v) is 3.14. The molecule has 0 aromatic heterocycles. The Morgan fingerprint density at radius 1 is 1.38 bits per heavy atom. The summed E-state index contributed by atoms with van der Waals surface area (Å²) in [6.07, 6.45) is 3.65. The number of carbonyl (C=O) groups excluding carboxylic acids is 1. The molecule has 5 heteroatoms. The van der Waals surface area contributed by atoms with Gasteiger partial charge in [0.1, 0.15) is 5.75 Å². The van der Waals surface area contributed by atoms with E-state index >= 15 is 0 Å². The van der Waals surface area contributed by atoms with Crippen molar-refractivity contribution in [3.05, 3.63) is 28.2 Å². The fraction of sp³-hybridized carbons (Fsp3) is 0.562. The molecular formula is C16H23BrN2O2. The average Bonchev–Trinajstić information content (AvgIpc) is 2.51. The number of amides is 1. The van der Waals surface area contributed by atoms with Gasteiger partial charge in [-0.2, -0.15) is 0 Å². The number of nitrogens with zero attached hydrogens (tertiary/aromatic N) is 1. The number of likely N-dealkylation sites (tertiary alicyclic amines) is 1. The number of benzene rings is 1. The van der Waals surface area contributed by atoms with Crippen molar-refractivity contribution in [1.82, 2.24) is 4.90 Å². The lowest BCUT2D eigenvalue weighted by atomic mass is 10.1. The SMILES string of the molecule is CC(Oc1c(Br)cccc1CCN)C(=O)N1CCCCC1. The summed E-state index contributed by atoms with van der Waals surface area (Å²) in [6.45, 7) is 4.07. The highest BCUT2D eigenvalue weighted by molar-refractivity contribution is 9.10. The molecule has 1 saturated heterocycles. The lowest BCUT2D eigenvalue weighted by Crippen LogP contribution is -2.43. The second kappa shape index (κ2) is 7.80. The number of carbonyl (C=O) groups is 1. The number of hydrogen-bond donors (Lipinski definition) is 1. The first-order chi connectivity index (χ1) is 10.1. The van der Waals surface area contributed by atoms with Crippen LogP contribution in [0, 0.1) is 0 Å². The number of hydrogen-bond acceptors (Lipinski definition) is 3. The number of para-hydroxylation sites is 1. The Hall–Kier alpha value is -1.07.